The number of hydrogen-bond donors (Lipinski definition) is 2. The van der Waals surface area contributed by atoms with Gasteiger partial charge in [-0.2, -0.15) is 0 Å². The Bertz CT molecular complexity index is 614. The number of hydrogen-bond acceptors (Lipinski definition) is 4. The number of nitrogens with zero attached hydrogens (tertiary/aromatic N) is 2. The first-order chi connectivity index (χ1) is 9.97. The van der Waals surface area contributed by atoms with Gasteiger partial charge in [-0.3, -0.25) is 4.79 Å². The van der Waals surface area contributed by atoms with E-state index in [1.165, 1.54) is 0 Å². The number of anilines is 2. The molecule has 0 aliphatic carbocycles. The van der Waals surface area contributed by atoms with Crippen molar-refractivity contribution < 1.29 is 14.7 Å². The Kier molecular flexibility index (Phi) is 3.23. The van der Waals surface area contributed by atoms with Crippen LogP contribution in [0.5, 0.6) is 0 Å². The quantitative estimate of drug-likeness (QED) is 0.796. The number of piperazine rings is 1. The number of carboxylic acid groups (broad SMARTS) is 1. The van der Waals surface area contributed by atoms with Crippen molar-refractivity contribution in [2.24, 2.45) is 0 Å². The Labute approximate surface area is 123 Å². The number of aromatic carboxylic acids is 1. The smallest absolute Gasteiger partial charge is 0.337 e. The van der Waals surface area contributed by atoms with Crippen LogP contribution in [-0.4, -0.2) is 47.6 Å². The lowest BCUT2D eigenvalue weighted by Gasteiger charge is -2.39. The van der Waals surface area contributed by atoms with Gasteiger partial charge in [0.25, 0.3) is 0 Å². The third-order valence-electron chi connectivity index (χ3n) is 4.46. The molecule has 2 saturated heterocycles. The summed E-state index contributed by atoms with van der Waals surface area (Å²) in [5.74, 6) is -0.772. The van der Waals surface area contributed by atoms with Crippen LogP contribution in [-0.2, 0) is 4.79 Å². The van der Waals surface area contributed by atoms with Crippen molar-refractivity contribution in [3.8, 4) is 0 Å². The third-order valence-corrected chi connectivity index (χ3v) is 4.46. The molecule has 1 unspecified atom stereocenters. The first-order valence-electron chi connectivity index (χ1n) is 7.15. The molecule has 112 valence electrons. The van der Waals surface area contributed by atoms with E-state index >= 15 is 0 Å². The number of rotatable bonds is 2. The van der Waals surface area contributed by atoms with Gasteiger partial charge in [0.05, 0.1) is 5.56 Å². The van der Waals surface area contributed by atoms with Crippen molar-refractivity contribution in [1.82, 2.24) is 4.90 Å². The zero-order valence-corrected chi connectivity index (χ0v) is 12.0. The summed E-state index contributed by atoms with van der Waals surface area (Å²) >= 11 is 0. The highest BCUT2D eigenvalue weighted by molar-refractivity contribution is 5.95. The fraction of sp³-hybridized carbons (Fsp3) is 0.467. The maximum atomic E-state index is 11.7. The van der Waals surface area contributed by atoms with Crippen LogP contribution in [0.15, 0.2) is 12.1 Å². The van der Waals surface area contributed by atoms with Gasteiger partial charge in [-0.05, 0) is 31.0 Å². The summed E-state index contributed by atoms with van der Waals surface area (Å²) in [5.41, 5.74) is 7.95. The Morgan fingerprint density at radius 3 is 2.86 bits per heavy atom. The maximum absolute atomic E-state index is 11.7. The SMILES string of the molecule is Cc1cc(N2CCN3C(=O)CCC3C2)cc(C(=O)O)c1N. The van der Waals surface area contributed by atoms with Crippen molar-refractivity contribution in [2.75, 3.05) is 30.3 Å². The fourth-order valence-electron chi connectivity index (χ4n) is 3.24. The predicted molar refractivity (Wildman–Crippen MR) is 79.5 cm³/mol. The van der Waals surface area contributed by atoms with E-state index in [1.54, 1.807) is 6.07 Å². The number of benzene rings is 1. The lowest BCUT2D eigenvalue weighted by atomic mass is 10.0. The van der Waals surface area contributed by atoms with E-state index in [2.05, 4.69) is 4.90 Å². The van der Waals surface area contributed by atoms with Crippen LogP contribution in [0.1, 0.15) is 28.8 Å². The van der Waals surface area contributed by atoms with Crippen LogP contribution in [0.3, 0.4) is 0 Å². The highest BCUT2D eigenvalue weighted by Gasteiger charge is 2.35. The van der Waals surface area contributed by atoms with E-state index in [-0.39, 0.29) is 17.5 Å². The van der Waals surface area contributed by atoms with Crippen LogP contribution in [0.25, 0.3) is 0 Å². The van der Waals surface area contributed by atoms with E-state index in [0.29, 0.717) is 18.7 Å². The third kappa shape index (κ3) is 2.30. The standard InChI is InChI=1S/C15H19N3O3/c1-9-6-11(7-12(14(9)16)15(20)21)17-4-5-18-10(8-17)2-3-13(18)19/h6-7,10H,2-5,8,16H2,1H3,(H,20,21). The summed E-state index contributed by atoms with van der Waals surface area (Å²) in [5, 5.41) is 9.25. The molecule has 3 rings (SSSR count). The number of carboxylic acids is 1. The van der Waals surface area contributed by atoms with Crippen LogP contribution >= 0.6 is 0 Å². The molecule has 1 atom stereocenters. The molecule has 6 nitrogen and oxygen atoms in total. The number of amides is 1. The summed E-state index contributed by atoms with van der Waals surface area (Å²) < 4.78 is 0. The minimum absolute atomic E-state index is 0.148. The zero-order chi connectivity index (χ0) is 15.1. The van der Waals surface area contributed by atoms with Gasteiger partial charge in [-0.15, -0.1) is 0 Å². The molecule has 1 aromatic rings. The molecule has 3 N–H and O–H groups in total. The highest BCUT2D eigenvalue weighted by Crippen LogP contribution is 2.30. The molecule has 1 aromatic carbocycles. The first kappa shape index (κ1) is 13.7. The van der Waals surface area contributed by atoms with Gasteiger partial charge in [-0.1, -0.05) is 0 Å². The Hall–Kier alpha value is -2.24. The maximum Gasteiger partial charge on any atom is 0.337 e. The number of aryl methyl sites for hydroxylation is 1. The van der Waals surface area contributed by atoms with Gasteiger partial charge >= 0.3 is 5.97 Å². The summed E-state index contributed by atoms with van der Waals surface area (Å²) in [6, 6.07) is 3.81. The van der Waals surface area contributed by atoms with Crippen LogP contribution < -0.4 is 10.6 Å². The molecule has 2 heterocycles. The highest BCUT2D eigenvalue weighted by atomic mass is 16.4. The van der Waals surface area contributed by atoms with Crippen molar-refractivity contribution in [3.63, 3.8) is 0 Å². The molecule has 0 spiro atoms. The van der Waals surface area contributed by atoms with Crippen molar-refractivity contribution >= 4 is 23.3 Å². The Morgan fingerprint density at radius 2 is 2.14 bits per heavy atom. The van der Waals surface area contributed by atoms with Gasteiger partial charge in [-0.25, -0.2) is 4.79 Å². The summed E-state index contributed by atoms with van der Waals surface area (Å²) in [6.07, 6.45) is 1.51. The van der Waals surface area contributed by atoms with Crippen molar-refractivity contribution in [3.05, 3.63) is 23.3 Å². The fourth-order valence-corrected chi connectivity index (χ4v) is 3.24. The Balaban J connectivity index is 1.88. The first-order valence-corrected chi connectivity index (χ1v) is 7.15. The van der Waals surface area contributed by atoms with Gasteiger partial charge < -0.3 is 20.6 Å². The summed E-state index contributed by atoms with van der Waals surface area (Å²) in [7, 11) is 0. The van der Waals surface area contributed by atoms with E-state index in [1.807, 2.05) is 17.9 Å². The largest absolute Gasteiger partial charge is 0.478 e. The molecule has 2 aliphatic heterocycles. The number of carbonyl (C=O) groups excluding carboxylic acids is 1. The molecule has 0 saturated carbocycles. The summed E-state index contributed by atoms with van der Waals surface area (Å²) in [4.78, 5) is 27.1. The van der Waals surface area contributed by atoms with E-state index in [9.17, 15) is 14.7 Å². The molecule has 2 fully saturated rings. The molecule has 6 heteroatoms. The normalized spacial score (nSPS) is 21.6. The van der Waals surface area contributed by atoms with Crippen LogP contribution in [0, 0.1) is 6.92 Å². The lowest BCUT2D eigenvalue weighted by Crippen LogP contribution is -2.51. The van der Waals surface area contributed by atoms with E-state index in [4.69, 9.17) is 5.73 Å². The number of carbonyl (C=O) groups is 2. The molecular formula is C15H19N3O3. The van der Waals surface area contributed by atoms with Gasteiger partial charge in [0.1, 0.15) is 0 Å². The zero-order valence-electron chi connectivity index (χ0n) is 12.0. The second-order valence-corrected chi connectivity index (χ2v) is 5.75. The van der Waals surface area contributed by atoms with Gasteiger partial charge in [0, 0.05) is 43.5 Å². The molecule has 0 radical (unpaired) electrons. The Morgan fingerprint density at radius 1 is 1.38 bits per heavy atom. The summed E-state index contributed by atoms with van der Waals surface area (Å²) in [6.45, 7) is 4.01. The second kappa shape index (κ2) is 4.95. The molecule has 2 aliphatic rings. The number of nitrogens with two attached hydrogens (primary N) is 1. The number of nitrogen functional groups attached to an aromatic ring is 1. The average Bonchev–Trinajstić information content (AvgIpc) is 2.82. The van der Waals surface area contributed by atoms with Crippen molar-refractivity contribution in [2.45, 2.75) is 25.8 Å². The second-order valence-electron chi connectivity index (χ2n) is 5.75. The molecule has 21 heavy (non-hydrogen) atoms. The van der Waals surface area contributed by atoms with Gasteiger partial charge in [0.2, 0.25) is 5.91 Å². The molecular weight excluding hydrogens is 270 g/mol. The average molecular weight is 289 g/mol. The number of fused-ring (bicyclic) bond motifs is 1. The molecule has 0 aromatic heterocycles. The molecule has 1 amide bonds. The monoisotopic (exact) mass is 289 g/mol. The predicted octanol–water partition coefficient (Wildman–Crippen LogP) is 1.09. The minimum atomic E-state index is -1.01. The van der Waals surface area contributed by atoms with E-state index < -0.39 is 5.97 Å². The van der Waals surface area contributed by atoms with Crippen LogP contribution in [0.2, 0.25) is 0 Å². The van der Waals surface area contributed by atoms with E-state index in [0.717, 1.165) is 30.8 Å². The minimum Gasteiger partial charge on any atom is -0.478 e. The molecule has 0 bridgehead atoms. The van der Waals surface area contributed by atoms with Gasteiger partial charge in [0.15, 0.2) is 0 Å². The topological polar surface area (TPSA) is 86.9 Å². The van der Waals surface area contributed by atoms with Crippen LogP contribution in [0.4, 0.5) is 11.4 Å². The lowest BCUT2D eigenvalue weighted by molar-refractivity contribution is -0.129. The van der Waals surface area contributed by atoms with Crippen molar-refractivity contribution in [1.29, 1.82) is 0 Å².